The predicted octanol–water partition coefficient (Wildman–Crippen LogP) is 3.59. The summed E-state index contributed by atoms with van der Waals surface area (Å²) >= 11 is 1.56. The van der Waals surface area contributed by atoms with Crippen LogP contribution in [0.1, 0.15) is 33.9 Å². The van der Waals surface area contributed by atoms with Crippen molar-refractivity contribution in [2.24, 2.45) is 5.92 Å². The van der Waals surface area contributed by atoms with Gasteiger partial charge in [-0.25, -0.2) is 0 Å². The number of ketones is 1. The highest BCUT2D eigenvalue weighted by molar-refractivity contribution is 7.12. The summed E-state index contributed by atoms with van der Waals surface area (Å²) in [7, 11) is 0. The molecule has 0 spiro atoms. The minimum absolute atomic E-state index is 0.165. The van der Waals surface area contributed by atoms with Gasteiger partial charge in [0.15, 0.2) is 5.78 Å². The molecule has 3 nitrogen and oxygen atoms in total. The van der Waals surface area contributed by atoms with Crippen molar-refractivity contribution in [2.45, 2.75) is 26.2 Å². The summed E-state index contributed by atoms with van der Waals surface area (Å²) in [5, 5.41) is 1.98. The number of nitrogens with zero attached hydrogens (tertiary/aromatic N) is 2. The van der Waals surface area contributed by atoms with Gasteiger partial charge in [0.1, 0.15) is 0 Å². The highest BCUT2D eigenvalue weighted by atomic mass is 32.1. The monoisotopic (exact) mass is 314 g/mol. The van der Waals surface area contributed by atoms with Crippen molar-refractivity contribution in [3.8, 4) is 0 Å². The van der Waals surface area contributed by atoms with E-state index >= 15 is 0 Å². The number of likely N-dealkylation sites (tertiary alicyclic amines) is 1. The van der Waals surface area contributed by atoms with Crippen LogP contribution in [0.15, 0.2) is 35.7 Å². The number of carbonyl (C=O) groups is 1. The van der Waals surface area contributed by atoms with Gasteiger partial charge in [-0.15, -0.1) is 11.3 Å². The second-order valence-corrected chi connectivity index (χ2v) is 6.95. The third-order valence-electron chi connectivity index (χ3n) is 4.27. The summed E-state index contributed by atoms with van der Waals surface area (Å²) in [6, 6.07) is 10.1. The Balaban J connectivity index is 1.55. The highest BCUT2D eigenvalue weighted by Crippen LogP contribution is 2.23. The first-order valence-corrected chi connectivity index (χ1v) is 8.83. The van der Waals surface area contributed by atoms with E-state index in [0.717, 1.165) is 55.2 Å². The number of hydrogen-bond donors (Lipinski definition) is 0. The molecule has 0 saturated carbocycles. The number of pyridine rings is 1. The van der Waals surface area contributed by atoms with Gasteiger partial charge in [0, 0.05) is 36.8 Å². The van der Waals surface area contributed by atoms with Crippen molar-refractivity contribution in [2.75, 3.05) is 19.6 Å². The number of Topliss-reactive ketones (excluding diaryl/α,β-unsaturated/α-hetero) is 1. The van der Waals surface area contributed by atoms with Gasteiger partial charge in [-0.1, -0.05) is 12.1 Å². The van der Waals surface area contributed by atoms with Gasteiger partial charge < -0.3 is 4.90 Å². The Morgan fingerprint density at radius 2 is 2.27 bits per heavy atom. The summed E-state index contributed by atoms with van der Waals surface area (Å²) in [6.45, 7) is 5.01. The van der Waals surface area contributed by atoms with E-state index in [1.165, 1.54) is 0 Å². The lowest BCUT2D eigenvalue weighted by atomic mass is 9.93. The highest BCUT2D eigenvalue weighted by Gasteiger charge is 2.26. The van der Waals surface area contributed by atoms with Gasteiger partial charge >= 0.3 is 0 Å². The van der Waals surface area contributed by atoms with E-state index in [4.69, 9.17) is 0 Å². The molecular weight excluding hydrogens is 292 g/mol. The standard InChI is InChI=1S/C18H22N2OS/c1-14-5-2-7-16(19-14)9-11-20-10-3-6-15(13-20)18(21)17-8-4-12-22-17/h2,4-5,7-8,12,15H,3,6,9-11,13H2,1H3. The van der Waals surface area contributed by atoms with Crippen LogP contribution in [0.3, 0.4) is 0 Å². The summed E-state index contributed by atoms with van der Waals surface area (Å²) in [5.41, 5.74) is 2.22. The fourth-order valence-corrected chi connectivity index (χ4v) is 3.85. The average Bonchev–Trinajstić information content (AvgIpc) is 3.07. The lowest BCUT2D eigenvalue weighted by Gasteiger charge is -2.31. The zero-order valence-corrected chi connectivity index (χ0v) is 13.8. The SMILES string of the molecule is Cc1cccc(CCN2CCCC(C(=O)c3cccs3)C2)n1. The molecule has 2 aromatic rings. The van der Waals surface area contributed by atoms with Crippen molar-refractivity contribution in [1.82, 2.24) is 9.88 Å². The second kappa shape index (κ2) is 7.16. The molecule has 1 aliphatic rings. The summed E-state index contributed by atoms with van der Waals surface area (Å²) < 4.78 is 0. The molecule has 1 unspecified atom stereocenters. The summed E-state index contributed by atoms with van der Waals surface area (Å²) in [6.07, 6.45) is 3.10. The van der Waals surface area contributed by atoms with Gasteiger partial charge in [0.05, 0.1) is 4.88 Å². The zero-order valence-electron chi connectivity index (χ0n) is 13.0. The van der Waals surface area contributed by atoms with Crippen LogP contribution in [0.5, 0.6) is 0 Å². The molecule has 3 heterocycles. The molecule has 0 bridgehead atoms. The molecule has 0 radical (unpaired) electrons. The molecule has 22 heavy (non-hydrogen) atoms. The number of aryl methyl sites for hydroxylation is 1. The van der Waals surface area contributed by atoms with Crippen LogP contribution in [0.25, 0.3) is 0 Å². The fraction of sp³-hybridized carbons (Fsp3) is 0.444. The first kappa shape index (κ1) is 15.4. The van der Waals surface area contributed by atoms with Crippen molar-refractivity contribution < 1.29 is 4.79 Å². The minimum atomic E-state index is 0.165. The first-order chi connectivity index (χ1) is 10.7. The van der Waals surface area contributed by atoms with Gasteiger partial charge in [-0.05, 0) is 49.9 Å². The largest absolute Gasteiger partial charge is 0.302 e. The van der Waals surface area contributed by atoms with E-state index in [1.807, 2.05) is 30.5 Å². The first-order valence-electron chi connectivity index (χ1n) is 7.95. The van der Waals surface area contributed by atoms with E-state index in [9.17, 15) is 4.79 Å². The van der Waals surface area contributed by atoms with Gasteiger partial charge in [-0.2, -0.15) is 0 Å². The number of piperidine rings is 1. The van der Waals surface area contributed by atoms with Crippen molar-refractivity contribution >= 4 is 17.1 Å². The number of hydrogen-bond acceptors (Lipinski definition) is 4. The Bertz CT molecular complexity index is 624. The van der Waals surface area contributed by atoms with E-state index in [-0.39, 0.29) is 5.92 Å². The third-order valence-corrected chi connectivity index (χ3v) is 5.15. The van der Waals surface area contributed by atoms with E-state index in [2.05, 4.69) is 22.0 Å². The van der Waals surface area contributed by atoms with Crippen LogP contribution >= 0.6 is 11.3 Å². The molecule has 3 rings (SSSR count). The van der Waals surface area contributed by atoms with Gasteiger partial charge in [-0.3, -0.25) is 9.78 Å². The maximum absolute atomic E-state index is 12.5. The second-order valence-electron chi connectivity index (χ2n) is 6.00. The Kier molecular flexibility index (Phi) is 5.01. The summed E-state index contributed by atoms with van der Waals surface area (Å²) in [5.74, 6) is 0.492. The number of carbonyl (C=O) groups excluding carboxylic acids is 1. The van der Waals surface area contributed by atoms with E-state index < -0.39 is 0 Å². The molecule has 0 amide bonds. The minimum Gasteiger partial charge on any atom is -0.302 e. The predicted molar refractivity (Wildman–Crippen MR) is 90.5 cm³/mol. The zero-order chi connectivity index (χ0) is 15.4. The normalized spacial score (nSPS) is 19.2. The smallest absolute Gasteiger partial charge is 0.177 e. The lowest BCUT2D eigenvalue weighted by Crippen LogP contribution is -2.39. The summed E-state index contributed by atoms with van der Waals surface area (Å²) in [4.78, 5) is 20.4. The van der Waals surface area contributed by atoms with E-state index in [1.54, 1.807) is 11.3 Å². The van der Waals surface area contributed by atoms with Gasteiger partial charge in [0.25, 0.3) is 0 Å². The van der Waals surface area contributed by atoms with Crippen LogP contribution in [0, 0.1) is 12.8 Å². The molecule has 1 saturated heterocycles. The number of thiophene rings is 1. The molecule has 1 atom stereocenters. The van der Waals surface area contributed by atoms with Crippen molar-refractivity contribution in [1.29, 1.82) is 0 Å². The van der Waals surface area contributed by atoms with Crippen LogP contribution in [0.4, 0.5) is 0 Å². The molecular formula is C18H22N2OS. The topological polar surface area (TPSA) is 33.2 Å². The number of aromatic nitrogens is 1. The maximum atomic E-state index is 12.5. The molecule has 0 aliphatic carbocycles. The fourth-order valence-electron chi connectivity index (χ4n) is 3.10. The third kappa shape index (κ3) is 3.81. The van der Waals surface area contributed by atoms with E-state index in [0.29, 0.717) is 5.78 Å². The molecule has 0 aromatic carbocycles. The molecule has 0 N–H and O–H groups in total. The molecule has 4 heteroatoms. The quantitative estimate of drug-likeness (QED) is 0.791. The van der Waals surface area contributed by atoms with Crippen LogP contribution in [0.2, 0.25) is 0 Å². The Morgan fingerprint density at radius 3 is 3.05 bits per heavy atom. The Labute approximate surface area is 136 Å². The molecule has 1 fully saturated rings. The van der Waals surface area contributed by atoms with Gasteiger partial charge in [0.2, 0.25) is 0 Å². The Morgan fingerprint density at radius 1 is 1.36 bits per heavy atom. The maximum Gasteiger partial charge on any atom is 0.177 e. The average molecular weight is 314 g/mol. The van der Waals surface area contributed by atoms with Crippen LogP contribution < -0.4 is 0 Å². The molecule has 1 aliphatic heterocycles. The van der Waals surface area contributed by atoms with Crippen LogP contribution in [-0.4, -0.2) is 35.3 Å². The lowest BCUT2D eigenvalue weighted by molar-refractivity contribution is 0.0825. The molecule has 2 aromatic heterocycles. The van der Waals surface area contributed by atoms with Crippen molar-refractivity contribution in [3.63, 3.8) is 0 Å². The molecule has 116 valence electrons. The number of rotatable bonds is 5. The van der Waals surface area contributed by atoms with Crippen LogP contribution in [-0.2, 0) is 6.42 Å². The van der Waals surface area contributed by atoms with Crippen molar-refractivity contribution in [3.05, 3.63) is 52.0 Å². The Hall–Kier alpha value is -1.52.